The van der Waals surface area contributed by atoms with E-state index in [0.717, 1.165) is 64.7 Å². The number of esters is 2. The predicted octanol–water partition coefficient (Wildman–Crippen LogP) is 8.61. The monoisotopic (exact) mass is 763 g/mol. The van der Waals surface area contributed by atoms with Gasteiger partial charge < -0.3 is 23.5 Å². The molecule has 2 unspecified atom stereocenters. The number of anilines is 1. The van der Waals surface area contributed by atoms with Gasteiger partial charge >= 0.3 is 18.0 Å². The number of pyridine rings is 1. The molecule has 3 aromatic rings. The quantitative estimate of drug-likeness (QED) is 0.109. The number of likely N-dealkylation sites (N-methyl/N-ethyl adjacent to an activating group) is 1. The molecule has 1 amide bonds. The summed E-state index contributed by atoms with van der Waals surface area (Å²) in [7, 11) is 5.04. The van der Waals surface area contributed by atoms with Gasteiger partial charge in [0.2, 0.25) is 0 Å². The Hall–Kier alpha value is -5.49. The first kappa shape index (κ1) is 40.2. The van der Waals surface area contributed by atoms with Crippen molar-refractivity contribution in [2.24, 2.45) is 4.99 Å². The smallest absolute Gasteiger partial charge is 0.413 e. The van der Waals surface area contributed by atoms with E-state index in [-0.39, 0.29) is 5.97 Å². The first-order valence-corrected chi connectivity index (χ1v) is 19.1. The molecule has 12 heteroatoms. The van der Waals surface area contributed by atoms with E-state index >= 15 is 0 Å². The number of aryl methyl sites for hydroxylation is 1. The number of allylic oxidation sites excluding steroid dienone is 2. The molecule has 0 fully saturated rings. The van der Waals surface area contributed by atoms with Crippen LogP contribution in [0.5, 0.6) is 0 Å². The van der Waals surface area contributed by atoms with E-state index in [9.17, 15) is 14.4 Å². The number of carbonyl (C=O) groups is 3. The number of hydrogen-bond acceptors (Lipinski definition) is 10. The molecular weight excluding hydrogens is 711 g/mol. The molecule has 296 valence electrons. The third-order valence-electron chi connectivity index (χ3n) is 9.94. The van der Waals surface area contributed by atoms with E-state index in [4.69, 9.17) is 23.9 Å². The van der Waals surface area contributed by atoms with Crippen molar-refractivity contribution < 1.29 is 33.3 Å². The molecule has 2 aliphatic carbocycles. The molecule has 2 atom stereocenters. The number of fused-ring (bicyclic) bond motifs is 1. The fourth-order valence-corrected chi connectivity index (χ4v) is 7.54. The summed E-state index contributed by atoms with van der Waals surface area (Å²) in [6.45, 7) is 11.8. The minimum atomic E-state index is -0.770. The standard InChI is InChI=1S/C44H53N5O7/c1-42(2,3)55-37(50)18-12-10-11-13-23-49-33-25-28(31-16-15-22-45-38(31)47-41(52)56-43(4,5)6)19-20-29(33)26-34(49)39-46-36-27-30(40(51)54-9)24-32-35(53-8)17-14-21-44(32,36)48(39)7/h14-17,19-22,24-27,39H,10-13,18,23H2,1-9H3,(H,45,47,52). The zero-order valence-corrected chi connectivity index (χ0v) is 33.9. The van der Waals surface area contributed by atoms with Gasteiger partial charge in [-0.15, -0.1) is 0 Å². The molecule has 2 aromatic heterocycles. The number of aliphatic imine (C=N–C) groups is 1. The normalized spacial score (nSPS) is 19.3. The minimum Gasteiger partial charge on any atom is -0.496 e. The number of nitrogens with zero attached hydrogens (tertiary/aromatic N) is 4. The summed E-state index contributed by atoms with van der Waals surface area (Å²) in [6.07, 6.45) is 14.0. The Morgan fingerprint density at radius 3 is 2.39 bits per heavy atom. The second kappa shape index (κ2) is 15.9. The van der Waals surface area contributed by atoms with Crippen LogP contribution in [0.2, 0.25) is 0 Å². The summed E-state index contributed by atoms with van der Waals surface area (Å²) in [5.74, 6) is 0.415. The molecule has 1 N–H and O–H groups in total. The number of carbonyl (C=O) groups excluding carboxylic acids is 3. The van der Waals surface area contributed by atoms with Gasteiger partial charge in [0.1, 0.15) is 34.5 Å². The van der Waals surface area contributed by atoms with Crippen LogP contribution in [-0.4, -0.2) is 76.2 Å². The van der Waals surface area contributed by atoms with E-state index in [1.54, 1.807) is 13.3 Å². The molecule has 1 aliphatic heterocycles. The summed E-state index contributed by atoms with van der Waals surface area (Å²) >= 11 is 0. The number of aromatic nitrogens is 2. The average Bonchev–Trinajstić information content (AvgIpc) is 3.63. The summed E-state index contributed by atoms with van der Waals surface area (Å²) in [6, 6.07) is 12.2. The number of methoxy groups -OCH3 is 2. The molecule has 6 rings (SSSR count). The molecule has 3 aliphatic rings. The van der Waals surface area contributed by atoms with Gasteiger partial charge in [0.25, 0.3) is 0 Å². The molecular formula is C44H53N5O7. The summed E-state index contributed by atoms with van der Waals surface area (Å²) in [5, 5.41) is 3.86. The highest BCUT2D eigenvalue weighted by molar-refractivity contribution is 6.15. The Bertz CT molecular complexity index is 2180. The molecule has 0 radical (unpaired) electrons. The van der Waals surface area contributed by atoms with Crippen molar-refractivity contribution in [1.29, 1.82) is 0 Å². The zero-order valence-electron chi connectivity index (χ0n) is 33.9. The number of amides is 1. The summed E-state index contributed by atoms with van der Waals surface area (Å²) < 4.78 is 24.3. The van der Waals surface area contributed by atoms with Gasteiger partial charge in [0.15, 0.2) is 0 Å². The van der Waals surface area contributed by atoms with Crippen LogP contribution in [0, 0.1) is 0 Å². The average molecular weight is 764 g/mol. The molecule has 0 saturated carbocycles. The number of ether oxygens (including phenoxy) is 4. The lowest BCUT2D eigenvalue weighted by Gasteiger charge is -2.41. The van der Waals surface area contributed by atoms with E-state index in [2.05, 4.69) is 44.0 Å². The van der Waals surface area contributed by atoms with Gasteiger partial charge in [-0.05, 0) is 109 Å². The Balaban J connectivity index is 1.37. The van der Waals surface area contributed by atoms with Crippen LogP contribution in [-0.2, 0) is 35.1 Å². The van der Waals surface area contributed by atoms with Gasteiger partial charge in [-0.25, -0.2) is 14.6 Å². The number of hydrogen-bond donors (Lipinski definition) is 1. The van der Waals surface area contributed by atoms with Crippen molar-refractivity contribution >= 4 is 40.5 Å². The van der Waals surface area contributed by atoms with Crippen LogP contribution in [0.1, 0.15) is 85.5 Å². The van der Waals surface area contributed by atoms with Crippen molar-refractivity contribution in [1.82, 2.24) is 14.5 Å². The largest absolute Gasteiger partial charge is 0.496 e. The highest BCUT2D eigenvalue weighted by atomic mass is 16.6. The van der Waals surface area contributed by atoms with Crippen LogP contribution >= 0.6 is 0 Å². The lowest BCUT2D eigenvalue weighted by molar-refractivity contribution is -0.155. The fourth-order valence-electron chi connectivity index (χ4n) is 7.54. The molecule has 0 bridgehead atoms. The van der Waals surface area contributed by atoms with E-state index in [1.165, 1.54) is 7.11 Å². The first-order chi connectivity index (χ1) is 26.5. The SMILES string of the molecule is COC(=O)C1=CC2=NC(c3cc4ccc(-c5cccnc5NC(=O)OC(C)(C)C)cc4n3CCCCCCC(=O)OC(C)(C)C)N(C)C23C=CC=C(OC)C3=C1. The molecule has 3 heterocycles. The van der Waals surface area contributed by atoms with E-state index in [1.807, 2.05) is 91.1 Å². The van der Waals surface area contributed by atoms with Crippen LogP contribution in [0.25, 0.3) is 22.0 Å². The molecule has 1 spiro atoms. The lowest BCUT2D eigenvalue weighted by atomic mass is 9.75. The predicted molar refractivity (Wildman–Crippen MR) is 217 cm³/mol. The molecule has 0 saturated heterocycles. The maximum atomic E-state index is 12.9. The lowest BCUT2D eigenvalue weighted by Crippen LogP contribution is -2.51. The Morgan fingerprint density at radius 2 is 1.68 bits per heavy atom. The zero-order chi connectivity index (χ0) is 40.4. The highest BCUT2D eigenvalue weighted by Crippen LogP contribution is 2.49. The highest BCUT2D eigenvalue weighted by Gasteiger charge is 2.53. The van der Waals surface area contributed by atoms with Gasteiger partial charge in [-0.2, -0.15) is 0 Å². The maximum absolute atomic E-state index is 12.9. The minimum absolute atomic E-state index is 0.176. The molecule has 1 aromatic carbocycles. The third kappa shape index (κ3) is 8.35. The summed E-state index contributed by atoms with van der Waals surface area (Å²) in [4.78, 5) is 50.0. The number of benzene rings is 1. The fraction of sp³-hybridized carbons (Fsp3) is 0.432. The summed E-state index contributed by atoms with van der Waals surface area (Å²) in [5.41, 5.74) is 3.60. The van der Waals surface area contributed by atoms with Crippen molar-refractivity contribution in [3.8, 4) is 11.1 Å². The van der Waals surface area contributed by atoms with Crippen molar-refractivity contribution in [2.75, 3.05) is 26.6 Å². The Labute approximate surface area is 328 Å². The van der Waals surface area contributed by atoms with Gasteiger partial charge in [0, 0.05) is 41.2 Å². The van der Waals surface area contributed by atoms with Crippen molar-refractivity contribution in [3.05, 3.63) is 95.6 Å². The van der Waals surface area contributed by atoms with Crippen LogP contribution < -0.4 is 5.32 Å². The molecule has 12 nitrogen and oxygen atoms in total. The van der Waals surface area contributed by atoms with Crippen molar-refractivity contribution in [3.63, 3.8) is 0 Å². The van der Waals surface area contributed by atoms with Gasteiger partial charge in [-0.1, -0.05) is 37.1 Å². The number of nitrogens with one attached hydrogen (secondary N) is 1. The van der Waals surface area contributed by atoms with Crippen LogP contribution in [0.3, 0.4) is 0 Å². The molecule has 56 heavy (non-hydrogen) atoms. The van der Waals surface area contributed by atoms with E-state index < -0.39 is 35.0 Å². The van der Waals surface area contributed by atoms with Gasteiger partial charge in [0.05, 0.1) is 31.2 Å². The topological polar surface area (TPSA) is 134 Å². The van der Waals surface area contributed by atoms with Crippen LogP contribution in [0.4, 0.5) is 10.6 Å². The first-order valence-electron chi connectivity index (χ1n) is 19.1. The van der Waals surface area contributed by atoms with Gasteiger partial charge in [-0.3, -0.25) is 20.0 Å². The van der Waals surface area contributed by atoms with Crippen LogP contribution in [0.15, 0.2) is 94.9 Å². The Morgan fingerprint density at radius 1 is 0.929 bits per heavy atom. The second-order valence-corrected chi connectivity index (χ2v) is 16.3. The third-order valence-corrected chi connectivity index (χ3v) is 9.94. The number of rotatable bonds is 12. The number of unbranched alkanes of at least 4 members (excludes halogenated alkanes) is 3. The maximum Gasteiger partial charge on any atom is 0.413 e. The second-order valence-electron chi connectivity index (χ2n) is 16.3. The van der Waals surface area contributed by atoms with E-state index in [0.29, 0.717) is 30.1 Å². The Kier molecular flexibility index (Phi) is 11.4. The van der Waals surface area contributed by atoms with Crippen molar-refractivity contribution in [2.45, 2.75) is 103 Å².